The second kappa shape index (κ2) is 4.07. The van der Waals surface area contributed by atoms with Crippen LogP contribution in [-0.4, -0.2) is 53.8 Å². The summed E-state index contributed by atoms with van der Waals surface area (Å²) >= 11 is 0. The van der Waals surface area contributed by atoms with Gasteiger partial charge in [0.1, 0.15) is 6.04 Å². The van der Waals surface area contributed by atoms with Crippen molar-refractivity contribution in [3.05, 3.63) is 0 Å². The van der Waals surface area contributed by atoms with Crippen LogP contribution in [0.5, 0.6) is 0 Å². The molecule has 0 saturated carbocycles. The number of aliphatic carboxylic acids is 1. The maximum Gasteiger partial charge on any atom is 0.323 e. The standard InChI is InChI=1S/C8H16N2O4S/c1-4-6(2)10-7(8(11)12)5-9(3)15(10,13)14/h6-7H,4-5H2,1-3H3,(H,11,12). The molecule has 0 aliphatic carbocycles. The van der Waals surface area contributed by atoms with Gasteiger partial charge in [0.15, 0.2) is 0 Å². The Bertz CT molecular complexity index is 354. The van der Waals surface area contributed by atoms with E-state index in [1.54, 1.807) is 6.92 Å². The van der Waals surface area contributed by atoms with E-state index in [9.17, 15) is 13.2 Å². The van der Waals surface area contributed by atoms with Crippen molar-refractivity contribution in [2.24, 2.45) is 0 Å². The van der Waals surface area contributed by atoms with Crippen molar-refractivity contribution < 1.29 is 18.3 Å². The van der Waals surface area contributed by atoms with Gasteiger partial charge < -0.3 is 5.11 Å². The smallest absolute Gasteiger partial charge is 0.323 e. The largest absolute Gasteiger partial charge is 0.480 e. The average Bonchev–Trinajstić information content (AvgIpc) is 2.37. The van der Waals surface area contributed by atoms with Crippen LogP contribution in [0, 0.1) is 0 Å². The van der Waals surface area contributed by atoms with Crippen LogP contribution in [0.15, 0.2) is 0 Å². The van der Waals surface area contributed by atoms with Gasteiger partial charge in [-0.25, -0.2) is 0 Å². The summed E-state index contributed by atoms with van der Waals surface area (Å²) in [5.41, 5.74) is 0. The lowest BCUT2D eigenvalue weighted by molar-refractivity contribution is -0.141. The molecular weight excluding hydrogens is 220 g/mol. The molecule has 2 unspecified atom stereocenters. The average molecular weight is 236 g/mol. The molecule has 0 spiro atoms. The van der Waals surface area contributed by atoms with Crippen LogP contribution in [0.25, 0.3) is 0 Å². The third-order valence-corrected chi connectivity index (χ3v) is 4.79. The Morgan fingerprint density at radius 2 is 2.13 bits per heavy atom. The Balaban J connectivity index is 3.10. The Labute approximate surface area is 89.7 Å². The molecule has 7 heteroatoms. The first-order chi connectivity index (χ1) is 6.82. The van der Waals surface area contributed by atoms with Crippen LogP contribution in [0.4, 0.5) is 0 Å². The van der Waals surface area contributed by atoms with Crippen LogP contribution >= 0.6 is 0 Å². The lowest BCUT2D eigenvalue weighted by Crippen LogP contribution is -2.45. The molecule has 1 aliphatic rings. The maximum atomic E-state index is 11.8. The maximum absolute atomic E-state index is 11.8. The van der Waals surface area contributed by atoms with Crippen LogP contribution in [0.2, 0.25) is 0 Å². The van der Waals surface area contributed by atoms with E-state index in [1.165, 1.54) is 7.05 Å². The van der Waals surface area contributed by atoms with Crippen molar-refractivity contribution in [2.75, 3.05) is 13.6 Å². The zero-order valence-electron chi connectivity index (χ0n) is 9.04. The van der Waals surface area contributed by atoms with Gasteiger partial charge in [0, 0.05) is 19.6 Å². The first kappa shape index (κ1) is 12.4. The molecule has 1 fully saturated rings. The molecule has 0 aromatic carbocycles. The highest BCUT2D eigenvalue weighted by molar-refractivity contribution is 7.87. The summed E-state index contributed by atoms with van der Waals surface area (Å²) in [4.78, 5) is 10.9. The fourth-order valence-electron chi connectivity index (χ4n) is 1.64. The van der Waals surface area contributed by atoms with Gasteiger partial charge >= 0.3 is 5.97 Å². The number of likely N-dealkylation sites (N-methyl/N-ethyl adjacent to an activating group) is 1. The molecule has 0 amide bonds. The van der Waals surface area contributed by atoms with Crippen molar-refractivity contribution in [3.8, 4) is 0 Å². The van der Waals surface area contributed by atoms with Crippen LogP contribution in [0.3, 0.4) is 0 Å². The molecule has 0 radical (unpaired) electrons. The lowest BCUT2D eigenvalue weighted by Gasteiger charge is -2.24. The number of rotatable bonds is 3. The van der Waals surface area contributed by atoms with Crippen LogP contribution in [0.1, 0.15) is 20.3 Å². The molecule has 0 bridgehead atoms. The van der Waals surface area contributed by atoms with E-state index in [1.807, 2.05) is 6.92 Å². The van der Waals surface area contributed by atoms with Gasteiger partial charge in [-0.05, 0) is 13.3 Å². The first-order valence-corrected chi connectivity index (χ1v) is 6.19. The molecule has 15 heavy (non-hydrogen) atoms. The Kier molecular flexibility index (Phi) is 3.37. The van der Waals surface area contributed by atoms with Gasteiger partial charge in [0.2, 0.25) is 0 Å². The number of carbonyl (C=O) groups is 1. The minimum Gasteiger partial charge on any atom is -0.480 e. The van der Waals surface area contributed by atoms with Gasteiger partial charge in [-0.1, -0.05) is 6.92 Å². The summed E-state index contributed by atoms with van der Waals surface area (Å²) in [5, 5.41) is 8.95. The van der Waals surface area contributed by atoms with Gasteiger partial charge in [-0.2, -0.15) is 17.0 Å². The van der Waals surface area contributed by atoms with Gasteiger partial charge in [-0.15, -0.1) is 0 Å². The molecule has 0 aromatic rings. The molecule has 1 saturated heterocycles. The van der Waals surface area contributed by atoms with E-state index >= 15 is 0 Å². The fourth-order valence-corrected chi connectivity index (χ4v) is 3.38. The monoisotopic (exact) mass is 236 g/mol. The highest BCUT2D eigenvalue weighted by atomic mass is 32.2. The number of carboxylic acids is 1. The molecule has 1 N–H and O–H groups in total. The summed E-state index contributed by atoms with van der Waals surface area (Å²) in [6.07, 6.45) is 0.594. The summed E-state index contributed by atoms with van der Waals surface area (Å²) < 4.78 is 25.8. The predicted octanol–water partition coefficient (Wildman–Crippen LogP) is -0.270. The Hall–Kier alpha value is -0.660. The van der Waals surface area contributed by atoms with E-state index in [0.717, 1.165) is 8.61 Å². The Morgan fingerprint density at radius 1 is 1.60 bits per heavy atom. The Morgan fingerprint density at radius 3 is 2.53 bits per heavy atom. The van der Waals surface area contributed by atoms with Crippen molar-refractivity contribution in [3.63, 3.8) is 0 Å². The SMILES string of the molecule is CCC(C)N1C(C(=O)O)CN(C)S1(=O)=O. The minimum absolute atomic E-state index is 0.0159. The highest BCUT2D eigenvalue weighted by Gasteiger charge is 2.47. The van der Waals surface area contributed by atoms with Gasteiger partial charge in [-0.3, -0.25) is 4.79 Å². The van der Waals surface area contributed by atoms with E-state index in [4.69, 9.17) is 5.11 Å². The van der Waals surface area contributed by atoms with Crippen molar-refractivity contribution in [1.82, 2.24) is 8.61 Å². The van der Waals surface area contributed by atoms with Crippen molar-refractivity contribution >= 4 is 16.2 Å². The zero-order chi connectivity index (χ0) is 11.8. The molecule has 88 valence electrons. The minimum atomic E-state index is -3.59. The number of hydrogen-bond acceptors (Lipinski definition) is 3. The first-order valence-electron chi connectivity index (χ1n) is 4.80. The van der Waals surface area contributed by atoms with Crippen LogP contribution < -0.4 is 0 Å². The summed E-state index contributed by atoms with van der Waals surface area (Å²) in [7, 11) is -2.19. The number of nitrogens with zero attached hydrogens (tertiary/aromatic N) is 2. The van der Waals surface area contributed by atoms with E-state index < -0.39 is 22.2 Å². The summed E-state index contributed by atoms with van der Waals surface area (Å²) in [5.74, 6) is -1.09. The predicted molar refractivity (Wildman–Crippen MR) is 54.6 cm³/mol. The normalized spacial score (nSPS) is 29.1. The fraction of sp³-hybridized carbons (Fsp3) is 0.875. The zero-order valence-corrected chi connectivity index (χ0v) is 9.86. The van der Waals surface area contributed by atoms with Gasteiger partial charge in [0.25, 0.3) is 10.2 Å². The third-order valence-electron chi connectivity index (χ3n) is 2.71. The van der Waals surface area contributed by atoms with E-state index in [-0.39, 0.29) is 12.6 Å². The topological polar surface area (TPSA) is 77.9 Å². The quantitative estimate of drug-likeness (QED) is 0.731. The lowest BCUT2D eigenvalue weighted by atomic mass is 10.2. The molecule has 1 aliphatic heterocycles. The highest BCUT2D eigenvalue weighted by Crippen LogP contribution is 2.24. The molecule has 1 rings (SSSR count). The number of hydrogen-bond donors (Lipinski definition) is 1. The molecule has 6 nitrogen and oxygen atoms in total. The molecule has 1 heterocycles. The van der Waals surface area contributed by atoms with E-state index in [2.05, 4.69) is 0 Å². The second-order valence-electron chi connectivity index (χ2n) is 3.73. The third kappa shape index (κ3) is 1.99. The number of carboxylic acid groups (broad SMARTS) is 1. The van der Waals surface area contributed by atoms with Crippen LogP contribution in [-0.2, 0) is 15.0 Å². The van der Waals surface area contributed by atoms with E-state index in [0.29, 0.717) is 6.42 Å². The van der Waals surface area contributed by atoms with Crippen molar-refractivity contribution in [1.29, 1.82) is 0 Å². The second-order valence-corrected chi connectivity index (χ2v) is 5.67. The van der Waals surface area contributed by atoms with Gasteiger partial charge in [0.05, 0.1) is 0 Å². The summed E-state index contributed by atoms with van der Waals surface area (Å²) in [6, 6.07) is -1.25. The molecular formula is C8H16N2O4S. The molecule has 2 atom stereocenters. The van der Waals surface area contributed by atoms with Crippen molar-refractivity contribution in [2.45, 2.75) is 32.4 Å². The summed E-state index contributed by atoms with van der Waals surface area (Å²) in [6.45, 7) is 3.56. The molecule has 0 aromatic heterocycles.